The van der Waals surface area contributed by atoms with E-state index in [0.717, 1.165) is 22.5 Å². The first-order valence-electron chi connectivity index (χ1n) is 9.43. The van der Waals surface area contributed by atoms with Crippen molar-refractivity contribution >= 4 is 51.3 Å². The van der Waals surface area contributed by atoms with Crippen molar-refractivity contribution in [1.82, 2.24) is 4.98 Å². The van der Waals surface area contributed by atoms with Gasteiger partial charge in [0.1, 0.15) is 18.0 Å². The molecule has 0 aliphatic carbocycles. The molecule has 0 bridgehead atoms. The summed E-state index contributed by atoms with van der Waals surface area (Å²) in [5.74, 6) is 1.12. The minimum absolute atomic E-state index is 0.176. The van der Waals surface area contributed by atoms with Gasteiger partial charge in [-0.1, -0.05) is 59.6 Å². The minimum atomic E-state index is 0.176. The molecule has 30 heavy (non-hydrogen) atoms. The SMILES string of the molecule is Cc1ccc2c(Cl)cc(Cl)c(OCC(=Nc3ccccc3)Nc3ccccc3)c2n1. The number of hydrogen-bond acceptors (Lipinski definition) is 3. The Morgan fingerprint density at radius 1 is 0.933 bits per heavy atom. The highest BCUT2D eigenvalue weighted by Crippen LogP contribution is 2.37. The van der Waals surface area contributed by atoms with Crippen LogP contribution in [0.3, 0.4) is 0 Å². The Labute approximate surface area is 185 Å². The summed E-state index contributed by atoms with van der Waals surface area (Å²) in [4.78, 5) is 9.29. The van der Waals surface area contributed by atoms with Gasteiger partial charge in [0, 0.05) is 16.8 Å². The van der Waals surface area contributed by atoms with Crippen LogP contribution >= 0.6 is 23.2 Å². The predicted octanol–water partition coefficient (Wildman–Crippen LogP) is 7.07. The molecule has 150 valence electrons. The molecule has 0 radical (unpaired) electrons. The topological polar surface area (TPSA) is 46.5 Å². The second kappa shape index (κ2) is 9.16. The lowest BCUT2D eigenvalue weighted by atomic mass is 10.2. The zero-order valence-corrected chi connectivity index (χ0v) is 17.8. The molecule has 0 saturated carbocycles. The molecular formula is C24H19Cl2N3O. The third kappa shape index (κ3) is 4.73. The Bertz CT molecular complexity index is 1200. The van der Waals surface area contributed by atoms with Crippen LogP contribution in [0.25, 0.3) is 10.9 Å². The van der Waals surface area contributed by atoms with Crippen molar-refractivity contribution in [3.63, 3.8) is 0 Å². The largest absolute Gasteiger partial charge is 0.482 e. The molecule has 0 aliphatic rings. The van der Waals surface area contributed by atoms with E-state index in [1.165, 1.54) is 0 Å². The summed E-state index contributed by atoms with van der Waals surface area (Å²) in [6, 6.07) is 25.0. The standard InChI is InChI=1S/C24H19Cl2N3O/c1-16-12-13-19-20(25)14-21(26)24(23(19)27-16)30-15-22(28-17-8-4-2-5-9-17)29-18-10-6-3-7-11-18/h2-14H,15H2,1H3,(H,28,29). The molecule has 0 atom stereocenters. The number of hydrogen-bond donors (Lipinski definition) is 1. The molecule has 1 aromatic heterocycles. The highest BCUT2D eigenvalue weighted by Gasteiger charge is 2.14. The molecule has 0 unspecified atom stereocenters. The number of nitrogens with zero attached hydrogens (tertiary/aromatic N) is 2. The molecule has 4 aromatic rings. The van der Waals surface area contributed by atoms with Crippen LogP contribution in [-0.2, 0) is 0 Å². The molecule has 1 N–H and O–H groups in total. The lowest BCUT2D eigenvalue weighted by molar-refractivity contribution is 0.380. The normalized spacial score (nSPS) is 11.5. The Hall–Kier alpha value is -3.08. The van der Waals surface area contributed by atoms with E-state index in [1.807, 2.05) is 79.7 Å². The Kier molecular flexibility index (Phi) is 6.17. The molecule has 4 rings (SSSR count). The van der Waals surface area contributed by atoms with Gasteiger partial charge in [0.15, 0.2) is 5.75 Å². The van der Waals surface area contributed by atoms with E-state index in [-0.39, 0.29) is 6.61 Å². The van der Waals surface area contributed by atoms with Crippen molar-refractivity contribution in [1.29, 1.82) is 0 Å². The summed E-state index contributed by atoms with van der Waals surface area (Å²) in [5, 5.41) is 5.06. The van der Waals surface area contributed by atoms with Crippen molar-refractivity contribution in [3.8, 4) is 5.75 Å². The maximum absolute atomic E-state index is 6.45. The maximum atomic E-state index is 6.45. The predicted molar refractivity (Wildman–Crippen MR) is 126 cm³/mol. The van der Waals surface area contributed by atoms with Crippen LogP contribution in [0.5, 0.6) is 5.75 Å². The number of aromatic nitrogens is 1. The summed E-state index contributed by atoms with van der Waals surface area (Å²) in [5.41, 5.74) is 3.22. The second-order valence-corrected chi connectivity index (χ2v) is 7.51. The van der Waals surface area contributed by atoms with Gasteiger partial charge in [-0.05, 0) is 49.4 Å². The summed E-state index contributed by atoms with van der Waals surface area (Å²) in [6.07, 6.45) is 0. The van der Waals surface area contributed by atoms with E-state index in [4.69, 9.17) is 32.9 Å². The molecule has 0 spiro atoms. The monoisotopic (exact) mass is 435 g/mol. The van der Waals surface area contributed by atoms with Crippen molar-refractivity contribution in [2.24, 2.45) is 4.99 Å². The van der Waals surface area contributed by atoms with E-state index in [9.17, 15) is 0 Å². The van der Waals surface area contributed by atoms with Gasteiger partial charge < -0.3 is 10.1 Å². The van der Waals surface area contributed by atoms with Crippen LogP contribution in [-0.4, -0.2) is 17.4 Å². The molecule has 3 aromatic carbocycles. The van der Waals surface area contributed by atoms with Crippen LogP contribution in [0.15, 0.2) is 83.9 Å². The third-order valence-corrected chi connectivity index (χ3v) is 5.01. The second-order valence-electron chi connectivity index (χ2n) is 6.69. The van der Waals surface area contributed by atoms with E-state index in [0.29, 0.717) is 27.1 Å². The van der Waals surface area contributed by atoms with Gasteiger partial charge >= 0.3 is 0 Å². The fraction of sp³-hybridized carbons (Fsp3) is 0.0833. The number of benzene rings is 3. The van der Waals surface area contributed by atoms with Crippen LogP contribution in [0.2, 0.25) is 10.0 Å². The van der Waals surface area contributed by atoms with Gasteiger partial charge in [0.25, 0.3) is 0 Å². The van der Waals surface area contributed by atoms with Gasteiger partial charge in [-0.15, -0.1) is 0 Å². The molecule has 0 fully saturated rings. The number of halogens is 2. The quantitative estimate of drug-likeness (QED) is 0.269. The number of nitrogens with one attached hydrogen (secondary N) is 1. The minimum Gasteiger partial charge on any atom is -0.482 e. The molecule has 4 nitrogen and oxygen atoms in total. The van der Waals surface area contributed by atoms with Crippen LogP contribution in [0.1, 0.15) is 5.69 Å². The van der Waals surface area contributed by atoms with E-state index < -0.39 is 0 Å². The van der Waals surface area contributed by atoms with Crippen molar-refractivity contribution in [2.45, 2.75) is 6.92 Å². The molecule has 6 heteroatoms. The lowest BCUT2D eigenvalue weighted by Gasteiger charge is -2.15. The number of para-hydroxylation sites is 2. The zero-order valence-electron chi connectivity index (χ0n) is 16.3. The molecule has 0 aliphatic heterocycles. The lowest BCUT2D eigenvalue weighted by Crippen LogP contribution is -2.21. The number of aliphatic imine (C=N–C) groups is 1. The molecule has 1 heterocycles. The summed E-state index contributed by atoms with van der Waals surface area (Å²) < 4.78 is 6.12. The van der Waals surface area contributed by atoms with Crippen LogP contribution in [0.4, 0.5) is 11.4 Å². The molecule has 0 amide bonds. The number of ether oxygens (including phenoxy) is 1. The average Bonchev–Trinajstić information content (AvgIpc) is 2.74. The fourth-order valence-corrected chi connectivity index (χ4v) is 3.58. The number of amidine groups is 1. The molecule has 0 saturated heterocycles. The van der Waals surface area contributed by atoms with Crippen LogP contribution < -0.4 is 10.1 Å². The first-order chi connectivity index (χ1) is 14.6. The van der Waals surface area contributed by atoms with Gasteiger partial charge in [0.05, 0.1) is 15.7 Å². The highest BCUT2D eigenvalue weighted by molar-refractivity contribution is 6.39. The summed E-state index contributed by atoms with van der Waals surface area (Å²) in [7, 11) is 0. The number of rotatable bonds is 5. The Morgan fingerprint density at radius 2 is 1.63 bits per heavy atom. The smallest absolute Gasteiger partial charge is 0.164 e. The highest BCUT2D eigenvalue weighted by atomic mass is 35.5. The van der Waals surface area contributed by atoms with Crippen LogP contribution in [0, 0.1) is 6.92 Å². The summed E-state index contributed by atoms with van der Waals surface area (Å²) >= 11 is 12.8. The Morgan fingerprint density at radius 3 is 2.37 bits per heavy atom. The van der Waals surface area contributed by atoms with Gasteiger partial charge in [0.2, 0.25) is 0 Å². The first kappa shape index (κ1) is 20.2. The fourth-order valence-electron chi connectivity index (χ4n) is 3.01. The number of pyridine rings is 1. The van der Waals surface area contributed by atoms with E-state index >= 15 is 0 Å². The third-order valence-electron chi connectivity index (χ3n) is 4.41. The maximum Gasteiger partial charge on any atom is 0.164 e. The summed E-state index contributed by atoms with van der Waals surface area (Å²) in [6.45, 7) is 2.09. The number of anilines is 1. The molecular weight excluding hydrogens is 417 g/mol. The number of fused-ring (bicyclic) bond motifs is 1. The van der Waals surface area contributed by atoms with Crippen molar-refractivity contribution < 1.29 is 4.74 Å². The van der Waals surface area contributed by atoms with Gasteiger partial charge in [-0.2, -0.15) is 0 Å². The van der Waals surface area contributed by atoms with Crippen molar-refractivity contribution in [3.05, 3.63) is 94.6 Å². The van der Waals surface area contributed by atoms with Crippen molar-refractivity contribution in [2.75, 3.05) is 11.9 Å². The zero-order chi connectivity index (χ0) is 20.9. The number of aryl methyl sites for hydroxylation is 1. The van der Waals surface area contributed by atoms with E-state index in [2.05, 4.69) is 10.3 Å². The van der Waals surface area contributed by atoms with E-state index in [1.54, 1.807) is 6.07 Å². The average molecular weight is 436 g/mol. The Balaban J connectivity index is 1.67. The van der Waals surface area contributed by atoms with Gasteiger partial charge in [-0.3, -0.25) is 0 Å². The first-order valence-corrected chi connectivity index (χ1v) is 10.2. The van der Waals surface area contributed by atoms with Gasteiger partial charge in [-0.25, -0.2) is 9.98 Å².